The number of aromatic nitrogens is 2. The van der Waals surface area contributed by atoms with E-state index in [1.807, 2.05) is 109 Å². The fourth-order valence-corrected chi connectivity index (χ4v) is 4.96. The number of carbonyl (C=O) groups excluding carboxylic acids is 1. The van der Waals surface area contributed by atoms with Gasteiger partial charge in [0, 0.05) is 16.1 Å². The molecule has 7 heteroatoms. The second kappa shape index (κ2) is 12.1. The zero-order chi connectivity index (χ0) is 28.9. The Hall–Kier alpha value is -5.20. The summed E-state index contributed by atoms with van der Waals surface area (Å²) in [7, 11) is 0. The van der Waals surface area contributed by atoms with Crippen molar-refractivity contribution in [2.24, 2.45) is 5.10 Å². The lowest BCUT2D eigenvalue weighted by molar-refractivity contribution is 0.0949. The minimum atomic E-state index is -0.403. The third-order valence-corrected chi connectivity index (χ3v) is 7.33. The lowest BCUT2D eigenvalue weighted by atomic mass is 10.0. The standard InChI is InChI=1S/C35H27ClN4O2/c1-24-9-2-7-16-33(24)40-34(30-14-8-12-26-10-3-5-13-29(26)30)21-32(39-40)35(41)38-37-22-25-17-19-28(20-18-25)42-23-27-11-4-6-15-31(27)36/h2-22H,23H2,1H3,(H,38,41)/b37-22-. The number of ether oxygens (including phenoxy) is 1. The summed E-state index contributed by atoms with van der Waals surface area (Å²) < 4.78 is 7.67. The maximum absolute atomic E-state index is 13.2. The van der Waals surface area contributed by atoms with Crippen molar-refractivity contribution in [1.82, 2.24) is 15.2 Å². The molecule has 0 fully saturated rings. The number of nitrogens with zero attached hydrogens (tertiary/aromatic N) is 3. The summed E-state index contributed by atoms with van der Waals surface area (Å²) in [5.41, 5.74) is 8.37. The molecule has 0 saturated carbocycles. The van der Waals surface area contributed by atoms with Crippen LogP contribution in [0.3, 0.4) is 0 Å². The summed E-state index contributed by atoms with van der Waals surface area (Å²) in [4.78, 5) is 13.2. The molecule has 0 aliphatic rings. The zero-order valence-electron chi connectivity index (χ0n) is 22.9. The minimum Gasteiger partial charge on any atom is -0.489 e. The molecule has 0 bridgehead atoms. The number of amides is 1. The zero-order valence-corrected chi connectivity index (χ0v) is 23.6. The number of aryl methyl sites for hydroxylation is 1. The average Bonchev–Trinajstić information content (AvgIpc) is 3.46. The largest absolute Gasteiger partial charge is 0.489 e. The van der Waals surface area contributed by atoms with Gasteiger partial charge in [0.2, 0.25) is 0 Å². The second-order valence-electron chi connectivity index (χ2n) is 9.79. The van der Waals surface area contributed by atoms with Crippen molar-refractivity contribution in [3.8, 4) is 22.7 Å². The maximum Gasteiger partial charge on any atom is 0.291 e. The molecule has 1 heterocycles. The van der Waals surface area contributed by atoms with Crippen LogP contribution in [0.5, 0.6) is 5.75 Å². The lowest BCUT2D eigenvalue weighted by Gasteiger charge is -2.12. The summed E-state index contributed by atoms with van der Waals surface area (Å²) in [5.74, 6) is 0.304. The van der Waals surface area contributed by atoms with Crippen molar-refractivity contribution in [3.63, 3.8) is 0 Å². The molecule has 6 nitrogen and oxygen atoms in total. The molecule has 0 atom stereocenters. The van der Waals surface area contributed by atoms with Crippen LogP contribution < -0.4 is 10.2 Å². The molecule has 206 valence electrons. The van der Waals surface area contributed by atoms with Gasteiger partial charge in [-0.1, -0.05) is 90.5 Å². The molecule has 1 N–H and O–H groups in total. The van der Waals surface area contributed by atoms with E-state index >= 15 is 0 Å². The molecule has 42 heavy (non-hydrogen) atoms. The Morgan fingerprint density at radius 3 is 2.48 bits per heavy atom. The van der Waals surface area contributed by atoms with Crippen molar-refractivity contribution >= 4 is 34.5 Å². The highest BCUT2D eigenvalue weighted by atomic mass is 35.5. The third-order valence-electron chi connectivity index (χ3n) is 6.96. The Bertz CT molecular complexity index is 1910. The van der Waals surface area contributed by atoms with Gasteiger partial charge in [-0.25, -0.2) is 10.1 Å². The number of hydrogen-bond acceptors (Lipinski definition) is 4. The Morgan fingerprint density at radius 2 is 1.64 bits per heavy atom. The predicted molar refractivity (Wildman–Crippen MR) is 169 cm³/mol. The molecule has 5 aromatic carbocycles. The second-order valence-corrected chi connectivity index (χ2v) is 10.2. The summed E-state index contributed by atoms with van der Waals surface area (Å²) in [6, 6.07) is 39.1. The Morgan fingerprint density at radius 1 is 0.905 bits per heavy atom. The molecular weight excluding hydrogens is 544 g/mol. The molecular formula is C35H27ClN4O2. The molecule has 0 radical (unpaired) electrons. The topological polar surface area (TPSA) is 68.5 Å². The van der Waals surface area contributed by atoms with Crippen LogP contribution >= 0.6 is 11.6 Å². The van der Waals surface area contributed by atoms with Gasteiger partial charge in [-0.15, -0.1) is 0 Å². The van der Waals surface area contributed by atoms with Crippen molar-refractivity contribution in [2.45, 2.75) is 13.5 Å². The van der Waals surface area contributed by atoms with Gasteiger partial charge in [-0.2, -0.15) is 10.2 Å². The van der Waals surface area contributed by atoms with Gasteiger partial charge < -0.3 is 4.74 Å². The third kappa shape index (κ3) is 5.80. The summed E-state index contributed by atoms with van der Waals surface area (Å²) in [5, 5.41) is 11.8. The molecule has 0 spiro atoms. The molecule has 6 rings (SSSR count). The van der Waals surface area contributed by atoms with E-state index in [-0.39, 0.29) is 5.69 Å². The normalized spacial score (nSPS) is 11.2. The fourth-order valence-electron chi connectivity index (χ4n) is 4.77. The van der Waals surface area contributed by atoms with Gasteiger partial charge in [-0.3, -0.25) is 4.79 Å². The van der Waals surface area contributed by atoms with E-state index in [4.69, 9.17) is 21.4 Å². The molecule has 0 saturated heterocycles. The average molecular weight is 571 g/mol. The highest BCUT2D eigenvalue weighted by molar-refractivity contribution is 6.31. The number of rotatable bonds is 8. The summed E-state index contributed by atoms with van der Waals surface area (Å²) in [6.45, 7) is 2.40. The quantitative estimate of drug-likeness (QED) is 0.149. The van der Waals surface area contributed by atoms with E-state index in [9.17, 15) is 4.79 Å². The first-order chi connectivity index (χ1) is 20.6. The van der Waals surface area contributed by atoms with E-state index in [0.717, 1.165) is 44.4 Å². The van der Waals surface area contributed by atoms with Crippen LogP contribution in [0.15, 0.2) is 126 Å². The van der Waals surface area contributed by atoms with E-state index < -0.39 is 5.91 Å². The lowest BCUT2D eigenvalue weighted by Crippen LogP contribution is -2.18. The van der Waals surface area contributed by atoms with Crippen molar-refractivity contribution in [1.29, 1.82) is 0 Å². The fraction of sp³-hybridized carbons (Fsp3) is 0.0571. The van der Waals surface area contributed by atoms with Gasteiger partial charge in [0.05, 0.1) is 17.6 Å². The van der Waals surface area contributed by atoms with E-state index in [0.29, 0.717) is 17.4 Å². The molecule has 1 amide bonds. The number of carbonyl (C=O) groups is 1. The first-order valence-corrected chi connectivity index (χ1v) is 13.9. The summed E-state index contributed by atoms with van der Waals surface area (Å²) >= 11 is 6.21. The number of nitrogens with one attached hydrogen (secondary N) is 1. The molecule has 0 aliphatic carbocycles. The first-order valence-electron chi connectivity index (χ1n) is 13.5. The number of hydrazone groups is 1. The number of hydrogen-bond donors (Lipinski definition) is 1. The van der Waals surface area contributed by atoms with Gasteiger partial charge in [0.25, 0.3) is 5.91 Å². The van der Waals surface area contributed by atoms with Crippen molar-refractivity contribution < 1.29 is 9.53 Å². The van der Waals surface area contributed by atoms with Crippen LogP contribution in [-0.4, -0.2) is 21.9 Å². The van der Waals surface area contributed by atoms with Crippen molar-refractivity contribution in [2.75, 3.05) is 0 Å². The highest BCUT2D eigenvalue weighted by Gasteiger charge is 2.19. The highest BCUT2D eigenvalue weighted by Crippen LogP contribution is 2.31. The Balaban J connectivity index is 1.21. The van der Waals surface area contributed by atoms with Crippen LogP contribution in [0.4, 0.5) is 0 Å². The molecule has 0 aliphatic heterocycles. The predicted octanol–water partition coefficient (Wildman–Crippen LogP) is 8.00. The van der Waals surface area contributed by atoms with Crippen LogP contribution in [0, 0.1) is 6.92 Å². The number of halogens is 1. The monoisotopic (exact) mass is 570 g/mol. The van der Waals surface area contributed by atoms with E-state index in [1.165, 1.54) is 0 Å². The van der Waals surface area contributed by atoms with Crippen LogP contribution in [0.1, 0.15) is 27.2 Å². The van der Waals surface area contributed by atoms with Gasteiger partial charge in [0.15, 0.2) is 5.69 Å². The molecule has 0 unspecified atom stereocenters. The molecule has 1 aromatic heterocycles. The maximum atomic E-state index is 13.2. The first kappa shape index (κ1) is 27.0. The number of para-hydroxylation sites is 1. The van der Waals surface area contributed by atoms with Crippen LogP contribution in [-0.2, 0) is 6.61 Å². The van der Waals surface area contributed by atoms with Crippen molar-refractivity contribution in [3.05, 3.63) is 149 Å². The minimum absolute atomic E-state index is 0.265. The summed E-state index contributed by atoms with van der Waals surface area (Å²) in [6.07, 6.45) is 1.58. The van der Waals surface area contributed by atoms with Gasteiger partial charge in [-0.05, 0) is 71.3 Å². The van der Waals surface area contributed by atoms with Crippen LogP contribution in [0.25, 0.3) is 27.7 Å². The Labute approximate surface area is 248 Å². The number of benzene rings is 5. The van der Waals surface area contributed by atoms with Gasteiger partial charge in [0.1, 0.15) is 12.4 Å². The Kier molecular flexibility index (Phi) is 7.79. The smallest absolute Gasteiger partial charge is 0.291 e. The van der Waals surface area contributed by atoms with Gasteiger partial charge >= 0.3 is 0 Å². The van der Waals surface area contributed by atoms with E-state index in [1.54, 1.807) is 6.21 Å². The van der Waals surface area contributed by atoms with Crippen LogP contribution in [0.2, 0.25) is 5.02 Å². The molecule has 6 aromatic rings. The van der Waals surface area contributed by atoms with E-state index in [2.05, 4.69) is 34.8 Å². The number of fused-ring (bicyclic) bond motifs is 1. The SMILES string of the molecule is Cc1ccccc1-n1nc(C(=O)N/N=C\c2ccc(OCc3ccccc3Cl)cc2)cc1-c1cccc2ccccc12.